The van der Waals surface area contributed by atoms with Gasteiger partial charge in [-0.15, -0.1) is 0 Å². The Bertz CT molecular complexity index is 800. The van der Waals surface area contributed by atoms with Crippen LogP contribution in [0.5, 0.6) is 0 Å². The Morgan fingerprint density at radius 3 is 2.22 bits per heavy atom. The van der Waals surface area contributed by atoms with E-state index in [1.807, 2.05) is 6.07 Å². The van der Waals surface area contributed by atoms with Gasteiger partial charge in [0.1, 0.15) is 0 Å². The van der Waals surface area contributed by atoms with Gasteiger partial charge in [0.15, 0.2) is 0 Å². The zero-order valence-corrected chi connectivity index (χ0v) is 16.0. The number of carbonyl (C=O) groups is 1. The highest BCUT2D eigenvalue weighted by Crippen LogP contribution is 2.25. The van der Waals surface area contributed by atoms with Gasteiger partial charge in [-0.3, -0.25) is 4.79 Å². The second-order valence-corrected chi connectivity index (χ2v) is 9.27. The van der Waals surface area contributed by atoms with Crippen molar-refractivity contribution in [1.29, 1.82) is 5.26 Å². The number of nitrogens with one attached hydrogen (secondary N) is 1. The molecule has 1 saturated heterocycles. The lowest BCUT2D eigenvalue weighted by Crippen LogP contribution is -2.46. The number of carbonyl (C=O) groups excluding carboxylic acids is 1. The zero-order chi connectivity index (χ0) is 19.4. The normalized spacial score (nSPS) is 24.9. The minimum atomic E-state index is -3.61. The first-order valence-corrected chi connectivity index (χ1v) is 10.8. The Hall–Kier alpha value is -1.95. The standard InChI is InChI=1S/C19H25N3O4S/c20-13-14-1-7-18(8-2-14)27(25,26)22-11-9-15(10-12-22)19(24)21-16-3-5-17(23)6-4-16/h1-2,7-8,15-17,23H,3-6,9-12H2,(H,21,24). The second kappa shape index (κ2) is 8.38. The molecule has 0 aromatic heterocycles. The molecule has 2 aliphatic rings. The molecule has 0 spiro atoms. The molecule has 1 heterocycles. The first kappa shape index (κ1) is 19.8. The summed E-state index contributed by atoms with van der Waals surface area (Å²) in [7, 11) is -3.61. The number of aliphatic hydroxyl groups excluding tert-OH is 1. The fourth-order valence-electron chi connectivity index (χ4n) is 3.75. The van der Waals surface area contributed by atoms with E-state index in [2.05, 4.69) is 5.32 Å². The molecule has 1 aromatic rings. The minimum Gasteiger partial charge on any atom is -0.393 e. The first-order valence-electron chi connectivity index (χ1n) is 9.39. The topological polar surface area (TPSA) is 111 Å². The number of nitriles is 1. The molecular formula is C19H25N3O4S. The van der Waals surface area contributed by atoms with E-state index in [9.17, 15) is 18.3 Å². The van der Waals surface area contributed by atoms with Crippen molar-refractivity contribution in [2.24, 2.45) is 5.92 Å². The van der Waals surface area contributed by atoms with Crippen LogP contribution in [0.4, 0.5) is 0 Å². The van der Waals surface area contributed by atoms with E-state index in [1.165, 1.54) is 28.6 Å². The van der Waals surface area contributed by atoms with Crippen molar-refractivity contribution in [2.75, 3.05) is 13.1 Å². The molecular weight excluding hydrogens is 366 g/mol. The zero-order valence-electron chi connectivity index (χ0n) is 15.2. The molecule has 8 heteroatoms. The van der Waals surface area contributed by atoms with Crippen LogP contribution in [0.15, 0.2) is 29.2 Å². The van der Waals surface area contributed by atoms with Gasteiger partial charge in [-0.1, -0.05) is 0 Å². The van der Waals surface area contributed by atoms with Crippen LogP contribution in [-0.2, 0) is 14.8 Å². The maximum atomic E-state index is 12.7. The molecule has 0 bridgehead atoms. The number of hydrogen-bond acceptors (Lipinski definition) is 5. The van der Waals surface area contributed by atoms with Gasteiger partial charge in [-0.2, -0.15) is 9.57 Å². The van der Waals surface area contributed by atoms with Crippen LogP contribution in [0, 0.1) is 17.2 Å². The number of amides is 1. The van der Waals surface area contributed by atoms with Crippen molar-refractivity contribution in [3.63, 3.8) is 0 Å². The van der Waals surface area contributed by atoms with Crippen LogP contribution in [0.25, 0.3) is 0 Å². The maximum absolute atomic E-state index is 12.7. The fourth-order valence-corrected chi connectivity index (χ4v) is 5.22. The van der Waals surface area contributed by atoms with Crippen molar-refractivity contribution in [1.82, 2.24) is 9.62 Å². The summed E-state index contributed by atoms with van der Waals surface area (Å²) in [6.45, 7) is 0.619. The van der Waals surface area contributed by atoms with Crippen molar-refractivity contribution < 1.29 is 18.3 Å². The lowest BCUT2D eigenvalue weighted by atomic mass is 9.91. The van der Waals surface area contributed by atoms with Gasteiger partial charge in [-0.05, 0) is 62.8 Å². The predicted molar refractivity (Wildman–Crippen MR) is 99.0 cm³/mol. The van der Waals surface area contributed by atoms with Gasteiger partial charge in [0.2, 0.25) is 15.9 Å². The SMILES string of the molecule is N#Cc1ccc(S(=O)(=O)N2CCC(C(=O)NC3CCC(O)CC3)CC2)cc1. The number of aliphatic hydroxyl groups is 1. The molecule has 0 radical (unpaired) electrons. The Balaban J connectivity index is 1.54. The van der Waals surface area contributed by atoms with E-state index in [4.69, 9.17) is 5.26 Å². The third kappa shape index (κ3) is 4.67. The highest BCUT2D eigenvalue weighted by atomic mass is 32.2. The number of benzene rings is 1. The Morgan fingerprint density at radius 2 is 1.67 bits per heavy atom. The molecule has 1 amide bonds. The monoisotopic (exact) mass is 391 g/mol. The summed E-state index contributed by atoms with van der Waals surface area (Å²) >= 11 is 0. The predicted octanol–water partition coefficient (Wildman–Crippen LogP) is 1.38. The van der Waals surface area contributed by atoms with Crippen molar-refractivity contribution in [3.8, 4) is 6.07 Å². The summed E-state index contributed by atoms with van der Waals surface area (Å²) in [5.74, 6) is -0.184. The van der Waals surface area contributed by atoms with E-state index in [1.54, 1.807) is 0 Å². The van der Waals surface area contributed by atoms with E-state index in [0.29, 0.717) is 44.3 Å². The van der Waals surface area contributed by atoms with Crippen molar-refractivity contribution in [3.05, 3.63) is 29.8 Å². The number of hydrogen-bond donors (Lipinski definition) is 2. The highest BCUT2D eigenvalue weighted by molar-refractivity contribution is 7.89. The quantitative estimate of drug-likeness (QED) is 0.806. The third-order valence-electron chi connectivity index (χ3n) is 5.49. The Morgan fingerprint density at radius 1 is 1.07 bits per heavy atom. The van der Waals surface area contributed by atoms with Gasteiger partial charge in [-0.25, -0.2) is 8.42 Å². The largest absolute Gasteiger partial charge is 0.393 e. The van der Waals surface area contributed by atoms with E-state index in [-0.39, 0.29) is 28.9 Å². The summed E-state index contributed by atoms with van der Waals surface area (Å²) in [5.41, 5.74) is 0.416. The molecule has 3 rings (SSSR count). The molecule has 1 aromatic carbocycles. The van der Waals surface area contributed by atoms with Crippen LogP contribution < -0.4 is 5.32 Å². The number of rotatable bonds is 4. The maximum Gasteiger partial charge on any atom is 0.243 e. The third-order valence-corrected chi connectivity index (χ3v) is 7.40. The molecule has 7 nitrogen and oxygen atoms in total. The summed E-state index contributed by atoms with van der Waals surface area (Å²) in [6.07, 6.45) is 3.75. The average molecular weight is 391 g/mol. The Labute approximate surface area is 160 Å². The van der Waals surface area contributed by atoms with Crippen LogP contribution in [0.3, 0.4) is 0 Å². The number of sulfonamides is 1. The van der Waals surface area contributed by atoms with Crippen molar-refractivity contribution >= 4 is 15.9 Å². The first-order chi connectivity index (χ1) is 12.9. The lowest BCUT2D eigenvalue weighted by molar-refractivity contribution is -0.127. The summed E-state index contributed by atoms with van der Waals surface area (Å²) in [6, 6.07) is 7.97. The molecule has 27 heavy (non-hydrogen) atoms. The van der Waals surface area contributed by atoms with Crippen LogP contribution in [-0.4, -0.2) is 49.0 Å². The van der Waals surface area contributed by atoms with Gasteiger partial charge < -0.3 is 10.4 Å². The van der Waals surface area contributed by atoms with Crippen LogP contribution in [0.1, 0.15) is 44.1 Å². The molecule has 146 valence electrons. The summed E-state index contributed by atoms with van der Waals surface area (Å²) < 4.78 is 26.9. The van der Waals surface area contributed by atoms with Crippen LogP contribution >= 0.6 is 0 Å². The molecule has 0 unspecified atom stereocenters. The molecule has 1 saturated carbocycles. The molecule has 2 fully saturated rings. The lowest BCUT2D eigenvalue weighted by Gasteiger charge is -2.32. The smallest absolute Gasteiger partial charge is 0.243 e. The second-order valence-electron chi connectivity index (χ2n) is 7.33. The average Bonchev–Trinajstić information content (AvgIpc) is 2.70. The van der Waals surface area contributed by atoms with E-state index in [0.717, 1.165) is 12.8 Å². The molecule has 1 aliphatic heterocycles. The van der Waals surface area contributed by atoms with Crippen LogP contribution in [0.2, 0.25) is 0 Å². The number of piperidine rings is 1. The Kier molecular flexibility index (Phi) is 6.15. The molecule has 1 aliphatic carbocycles. The van der Waals surface area contributed by atoms with E-state index < -0.39 is 10.0 Å². The fraction of sp³-hybridized carbons (Fsp3) is 0.579. The molecule has 2 N–H and O–H groups in total. The number of nitrogens with zero attached hydrogens (tertiary/aromatic N) is 2. The highest BCUT2D eigenvalue weighted by Gasteiger charge is 2.33. The van der Waals surface area contributed by atoms with Gasteiger partial charge >= 0.3 is 0 Å². The molecule has 0 atom stereocenters. The minimum absolute atomic E-state index is 0.00758. The van der Waals surface area contributed by atoms with Gasteiger partial charge in [0.05, 0.1) is 22.6 Å². The van der Waals surface area contributed by atoms with Gasteiger partial charge in [0.25, 0.3) is 0 Å². The summed E-state index contributed by atoms with van der Waals surface area (Å²) in [4.78, 5) is 12.6. The van der Waals surface area contributed by atoms with E-state index >= 15 is 0 Å². The van der Waals surface area contributed by atoms with Crippen molar-refractivity contribution in [2.45, 2.75) is 55.6 Å². The summed E-state index contributed by atoms with van der Waals surface area (Å²) in [5, 5.41) is 21.4. The van der Waals surface area contributed by atoms with Gasteiger partial charge in [0, 0.05) is 25.0 Å².